The predicted octanol–water partition coefficient (Wildman–Crippen LogP) is 1.55. The van der Waals surface area contributed by atoms with Crippen LogP contribution in [0, 0.1) is 0 Å². The highest BCUT2D eigenvalue weighted by Gasteiger charge is 2.36. The number of carbonyl (C=O) groups is 1. The molecule has 1 aliphatic carbocycles. The maximum absolute atomic E-state index is 12.4. The lowest BCUT2D eigenvalue weighted by Gasteiger charge is -2.22. The third kappa shape index (κ3) is 4.71. The van der Waals surface area contributed by atoms with E-state index >= 15 is 0 Å². The van der Waals surface area contributed by atoms with Gasteiger partial charge in [-0.1, -0.05) is 12.1 Å². The average molecular weight is 313 g/mol. The van der Waals surface area contributed by atoms with Gasteiger partial charge in [-0.15, -0.1) is 0 Å². The van der Waals surface area contributed by atoms with Crippen molar-refractivity contribution in [3.05, 3.63) is 29.8 Å². The second-order valence-corrected chi connectivity index (χ2v) is 7.30. The molecule has 116 valence electrons. The van der Waals surface area contributed by atoms with Gasteiger partial charge >= 0.3 is 5.97 Å². The third-order valence-corrected chi connectivity index (χ3v) is 5.30. The Hall–Kier alpha value is -1.60. The van der Waals surface area contributed by atoms with E-state index in [-0.39, 0.29) is 36.9 Å². The lowest BCUT2D eigenvalue weighted by Crippen LogP contribution is -2.34. The van der Waals surface area contributed by atoms with Crippen molar-refractivity contribution in [3.8, 4) is 5.75 Å². The molecule has 0 radical (unpaired) electrons. The van der Waals surface area contributed by atoms with Crippen LogP contribution in [0.5, 0.6) is 5.75 Å². The van der Waals surface area contributed by atoms with Crippen LogP contribution in [0.2, 0.25) is 0 Å². The molecule has 0 saturated heterocycles. The van der Waals surface area contributed by atoms with Crippen LogP contribution in [-0.2, 0) is 21.4 Å². The van der Waals surface area contributed by atoms with E-state index in [0.717, 1.165) is 18.4 Å². The number of benzene rings is 1. The number of carboxylic acids is 1. The van der Waals surface area contributed by atoms with E-state index in [1.54, 1.807) is 18.2 Å². The second kappa shape index (κ2) is 6.44. The van der Waals surface area contributed by atoms with E-state index in [1.165, 1.54) is 10.4 Å². The maximum Gasteiger partial charge on any atom is 0.303 e. The summed E-state index contributed by atoms with van der Waals surface area (Å²) in [4.78, 5) is 10.5. The quantitative estimate of drug-likeness (QED) is 0.759. The van der Waals surface area contributed by atoms with Gasteiger partial charge in [0.05, 0.1) is 5.75 Å². The number of hydrogen-bond acceptors (Lipinski definition) is 4. The first-order valence-corrected chi connectivity index (χ1v) is 8.48. The summed E-state index contributed by atoms with van der Waals surface area (Å²) in [7, 11) is -3.48. The molecule has 0 spiro atoms. The summed E-state index contributed by atoms with van der Waals surface area (Å²) < 4.78 is 26.1. The van der Waals surface area contributed by atoms with E-state index in [2.05, 4.69) is 0 Å². The molecular weight excluding hydrogens is 294 g/mol. The summed E-state index contributed by atoms with van der Waals surface area (Å²) in [5.74, 6) is -1.04. The topological polar surface area (TPSA) is 94.9 Å². The van der Waals surface area contributed by atoms with Gasteiger partial charge in [0.2, 0.25) is 10.0 Å². The van der Waals surface area contributed by atoms with Gasteiger partial charge in [0.1, 0.15) is 5.75 Å². The number of aliphatic carboxylic acids is 1. The molecule has 1 aliphatic rings. The minimum absolute atomic E-state index is 0.00202. The van der Waals surface area contributed by atoms with Gasteiger partial charge in [-0.25, -0.2) is 8.42 Å². The molecule has 1 saturated carbocycles. The molecular formula is C14H19NO5S. The minimum Gasteiger partial charge on any atom is -0.508 e. The van der Waals surface area contributed by atoms with Crippen molar-refractivity contribution in [3.63, 3.8) is 0 Å². The fourth-order valence-electron chi connectivity index (χ4n) is 2.17. The van der Waals surface area contributed by atoms with E-state index in [4.69, 9.17) is 5.11 Å². The Morgan fingerprint density at radius 1 is 1.33 bits per heavy atom. The van der Waals surface area contributed by atoms with Crippen molar-refractivity contribution in [1.29, 1.82) is 0 Å². The molecule has 1 aromatic carbocycles. The highest BCUT2D eigenvalue weighted by Crippen LogP contribution is 2.31. The van der Waals surface area contributed by atoms with Crippen LogP contribution >= 0.6 is 0 Å². The average Bonchev–Trinajstić information content (AvgIpc) is 3.19. The second-order valence-electron chi connectivity index (χ2n) is 5.26. The summed E-state index contributed by atoms with van der Waals surface area (Å²) >= 11 is 0. The van der Waals surface area contributed by atoms with Crippen molar-refractivity contribution < 1.29 is 23.4 Å². The zero-order valence-electron chi connectivity index (χ0n) is 11.6. The fourth-order valence-corrected chi connectivity index (χ4v) is 3.93. The van der Waals surface area contributed by atoms with Crippen molar-refractivity contribution in [2.75, 3.05) is 5.75 Å². The lowest BCUT2D eigenvalue weighted by molar-refractivity contribution is -0.137. The van der Waals surface area contributed by atoms with Gasteiger partial charge in [0.25, 0.3) is 0 Å². The van der Waals surface area contributed by atoms with Crippen molar-refractivity contribution in [2.45, 2.75) is 38.3 Å². The third-order valence-electron chi connectivity index (χ3n) is 3.35. The van der Waals surface area contributed by atoms with Crippen LogP contribution < -0.4 is 0 Å². The summed E-state index contributed by atoms with van der Waals surface area (Å²) in [5, 5.41) is 18.1. The first kappa shape index (κ1) is 15.8. The monoisotopic (exact) mass is 313 g/mol. The minimum atomic E-state index is -3.48. The molecule has 1 aromatic rings. The molecule has 0 bridgehead atoms. The number of carboxylic acid groups (broad SMARTS) is 1. The van der Waals surface area contributed by atoms with Crippen LogP contribution in [0.4, 0.5) is 0 Å². The zero-order chi connectivity index (χ0) is 15.5. The Balaban J connectivity index is 2.06. The predicted molar refractivity (Wildman–Crippen MR) is 77.3 cm³/mol. The Morgan fingerprint density at radius 3 is 2.62 bits per heavy atom. The smallest absolute Gasteiger partial charge is 0.303 e. The Kier molecular flexibility index (Phi) is 4.84. The van der Waals surface area contributed by atoms with Crippen molar-refractivity contribution >= 4 is 16.0 Å². The molecule has 7 heteroatoms. The number of hydrogen-bond donors (Lipinski definition) is 2. The lowest BCUT2D eigenvalue weighted by atomic mass is 10.2. The Morgan fingerprint density at radius 2 is 2.05 bits per heavy atom. The summed E-state index contributed by atoms with van der Waals surface area (Å²) in [6.45, 7) is 0.217. The number of nitrogens with zero attached hydrogens (tertiary/aromatic N) is 1. The van der Waals surface area contributed by atoms with Gasteiger partial charge in [-0.3, -0.25) is 4.79 Å². The van der Waals surface area contributed by atoms with Crippen LogP contribution in [0.3, 0.4) is 0 Å². The SMILES string of the molecule is O=C(O)CCCS(=O)(=O)N(Cc1cccc(O)c1)C1CC1. The molecule has 0 amide bonds. The van der Waals surface area contributed by atoms with Gasteiger partial charge < -0.3 is 10.2 Å². The van der Waals surface area contributed by atoms with Crippen LogP contribution in [0.25, 0.3) is 0 Å². The summed E-state index contributed by atoms with van der Waals surface area (Å²) in [6.07, 6.45) is 1.62. The number of aromatic hydroxyl groups is 1. The molecule has 6 nitrogen and oxygen atoms in total. The maximum atomic E-state index is 12.4. The van der Waals surface area contributed by atoms with Gasteiger partial charge in [0.15, 0.2) is 0 Å². The van der Waals surface area contributed by atoms with E-state index in [0.29, 0.717) is 0 Å². The summed E-state index contributed by atoms with van der Waals surface area (Å²) in [5.41, 5.74) is 0.726. The number of rotatable bonds is 8. The van der Waals surface area contributed by atoms with E-state index in [9.17, 15) is 18.3 Å². The van der Waals surface area contributed by atoms with Crippen molar-refractivity contribution in [1.82, 2.24) is 4.31 Å². The normalized spacial score (nSPS) is 15.3. The number of phenolic OH excluding ortho intramolecular Hbond substituents is 1. The van der Waals surface area contributed by atoms with Gasteiger partial charge in [-0.2, -0.15) is 4.31 Å². The number of sulfonamides is 1. The van der Waals surface area contributed by atoms with E-state index in [1.807, 2.05) is 0 Å². The van der Waals surface area contributed by atoms with Gasteiger partial charge in [-0.05, 0) is 37.0 Å². The van der Waals surface area contributed by atoms with E-state index < -0.39 is 16.0 Å². The molecule has 0 heterocycles. The first-order chi connectivity index (χ1) is 9.88. The molecule has 21 heavy (non-hydrogen) atoms. The number of phenols is 1. The van der Waals surface area contributed by atoms with Gasteiger partial charge in [0, 0.05) is 19.0 Å². The van der Waals surface area contributed by atoms with Crippen LogP contribution in [-0.4, -0.2) is 40.7 Å². The standard InChI is InChI=1S/C14H19NO5S/c16-13-4-1-3-11(9-13)10-15(12-6-7-12)21(19,20)8-2-5-14(17)18/h1,3-4,9,12,16H,2,5-8,10H2,(H,17,18). The van der Waals surface area contributed by atoms with Crippen LogP contribution in [0.1, 0.15) is 31.2 Å². The first-order valence-electron chi connectivity index (χ1n) is 6.88. The summed E-state index contributed by atoms with van der Waals surface area (Å²) in [6, 6.07) is 6.52. The molecule has 0 unspecified atom stereocenters. The molecule has 0 aliphatic heterocycles. The molecule has 1 fully saturated rings. The Bertz CT molecular complexity index is 610. The molecule has 0 aromatic heterocycles. The van der Waals surface area contributed by atoms with Crippen LogP contribution in [0.15, 0.2) is 24.3 Å². The Labute approximate surface area is 124 Å². The molecule has 2 N–H and O–H groups in total. The molecule has 0 atom stereocenters. The zero-order valence-corrected chi connectivity index (χ0v) is 12.4. The molecule has 2 rings (SSSR count). The highest BCUT2D eigenvalue weighted by atomic mass is 32.2. The fraction of sp³-hybridized carbons (Fsp3) is 0.500. The van der Waals surface area contributed by atoms with Crippen molar-refractivity contribution in [2.24, 2.45) is 0 Å². The highest BCUT2D eigenvalue weighted by molar-refractivity contribution is 7.89. The largest absolute Gasteiger partial charge is 0.508 e.